The summed E-state index contributed by atoms with van der Waals surface area (Å²) in [6.45, 7) is 6.15. The Labute approximate surface area is 105 Å². The molecule has 1 amide bonds. The van der Waals surface area contributed by atoms with Gasteiger partial charge in [0.2, 0.25) is 0 Å². The summed E-state index contributed by atoms with van der Waals surface area (Å²) < 4.78 is 5.58. The molecular formula is C11H17N3O2S. The number of hydrogen-bond donors (Lipinski definition) is 1. The highest BCUT2D eigenvalue weighted by molar-refractivity contribution is 7.09. The Hall–Kier alpha value is -0.980. The molecule has 0 unspecified atom stereocenters. The van der Waals surface area contributed by atoms with Crippen LogP contribution >= 0.6 is 11.3 Å². The lowest BCUT2D eigenvalue weighted by Crippen LogP contribution is -2.50. The van der Waals surface area contributed by atoms with E-state index in [1.807, 2.05) is 13.8 Å². The van der Waals surface area contributed by atoms with Crippen molar-refractivity contribution in [1.82, 2.24) is 9.88 Å². The molecule has 94 valence electrons. The van der Waals surface area contributed by atoms with E-state index in [-0.39, 0.29) is 11.5 Å². The minimum Gasteiger partial charge on any atom is -0.372 e. The summed E-state index contributed by atoms with van der Waals surface area (Å²) in [6.07, 6.45) is 0. The first kappa shape index (κ1) is 12.5. The summed E-state index contributed by atoms with van der Waals surface area (Å²) in [6, 6.07) is 0. The highest BCUT2D eigenvalue weighted by atomic mass is 32.1. The summed E-state index contributed by atoms with van der Waals surface area (Å²) in [4.78, 5) is 18.2. The van der Waals surface area contributed by atoms with Gasteiger partial charge in [-0.1, -0.05) is 0 Å². The first-order valence-corrected chi connectivity index (χ1v) is 6.47. The van der Waals surface area contributed by atoms with Crippen molar-refractivity contribution in [3.8, 4) is 0 Å². The first-order valence-electron chi connectivity index (χ1n) is 5.59. The molecular weight excluding hydrogens is 238 g/mol. The summed E-state index contributed by atoms with van der Waals surface area (Å²) >= 11 is 1.43. The SMILES string of the molecule is CC1(C)CN(C(=O)c2csc(CN)n2)CCO1. The third kappa shape index (κ3) is 2.83. The number of amides is 1. The molecule has 2 rings (SSSR count). The molecule has 17 heavy (non-hydrogen) atoms. The van der Waals surface area contributed by atoms with E-state index < -0.39 is 0 Å². The minimum atomic E-state index is -0.277. The van der Waals surface area contributed by atoms with Crippen LogP contribution in [0.1, 0.15) is 29.3 Å². The molecule has 0 atom stereocenters. The van der Waals surface area contributed by atoms with E-state index in [1.165, 1.54) is 11.3 Å². The zero-order valence-corrected chi connectivity index (χ0v) is 10.9. The van der Waals surface area contributed by atoms with Gasteiger partial charge in [0.05, 0.1) is 12.2 Å². The number of rotatable bonds is 2. The number of ether oxygens (including phenoxy) is 1. The fraction of sp³-hybridized carbons (Fsp3) is 0.636. The summed E-state index contributed by atoms with van der Waals surface area (Å²) in [7, 11) is 0. The van der Waals surface area contributed by atoms with Crippen molar-refractivity contribution in [2.45, 2.75) is 26.0 Å². The van der Waals surface area contributed by atoms with Crippen LogP contribution in [0, 0.1) is 0 Å². The second-order valence-corrected chi connectivity index (χ2v) is 5.61. The number of carbonyl (C=O) groups excluding carboxylic acids is 1. The van der Waals surface area contributed by atoms with Crippen LogP contribution in [0.15, 0.2) is 5.38 Å². The van der Waals surface area contributed by atoms with Gasteiger partial charge in [-0.25, -0.2) is 4.98 Å². The maximum atomic E-state index is 12.2. The number of nitrogens with zero attached hydrogens (tertiary/aromatic N) is 2. The van der Waals surface area contributed by atoms with Gasteiger partial charge < -0.3 is 15.4 Å². The zero-order chi connectivity index (χ0) is 12.5. The second kappa shape index (κ2) is 4.72. The molecule has 1 fully saturated rings. The van der Waals surface area contributed by atoms with Crippen LogP contribution in [0.4, 0.5) is 0 Å². The lowest BCUT2D eigenvalue weighted by molar-refractivity contribution is -0.0764. The lowest BCUT2D eigenvalue weighted by atomic mass is 10.1. The fourth-order valence-electron chi connectivity index (χ4n) is 1.85. The molecule has 5 nitrogen and oxygen atoms in total. The van der Waals surface area contributed by atoms with Crippen LogP contribution < -0.4 is 5.73 Å². The van der Waals surface area contributed by atoms with Gasteiger partial charge in [0.1, 0.15) is 10.7 Å². The van der Waals surface area contributed by atoms with Gasteiger partial charge in [0.25, 0.3) is 5.91 Å². The van der Waals surface area contributed by atoms with E-state index in [1.54, 1.807) is 10.3 Å². The van der Waals surface area contributed by atoms with Crippen LogP contribution in [-0.4, -0.2) is 41.1 Å². The highest BCUT2D eigenvalue weighted by Gasteiger charge is 2.31. The number of thiazole rings is 1. The molecule has 1 saturated heterocycles. The number of aromatic nitrogens is 1. The summed E-state index contributed by atoms with van der Waals surface area (Å²) in [5, 5.41) is 2.56. The van der Waals surface area contributed by atoms with Gasteiger partial charge in [-0.15, -0.1) is 11.3 Å². The molecule has 0 radical (unpaired) electrons. The molecule has 2 heterocycles. The van der Waals surface area contributed by atoms with E-state index >= 15 is 0 Å². The first-order chi connectivity index (χ1) is 8.02. The van der Waals surface area contributed by atoms with Crippen molar-refractivity contribution in [2.24, 2.45) is 5.73 Å². The summed E-state index contributed by atoms with van der Waals surface area (Å²) in [5.74, 6) is -0.0303. The number of morpholine rings is 1. The molecule has 0 spiro atoms. The van der Waals surface area contributed by atoms with Crippen molar-refractivity contribution < 1.29 is 9.53 Å². The van der Waals surface area contributed by atoms with E-state index in [4.69, 9.17) is 10.5 Å². The lowest BCUT2D eigenvalue weighted by Gasteiger charge is -2.37. The number of hydrogen-bond acceptors (Lipinski definition) is 5. The molecule has 0 aliphatic carbocycles. The van der Waals surface area contributed by atoms with E-state index in [0.717, 1.165) is 5.01 Å². The maximum Gasteiger partial charge on any atom is 0.273 e. The largest absolute Gasteiger partial charge is 0.372 e. The average Bonchev–Trinajstić information content (AvgIpc) is 2.75. The third-order valence-electron chi connectivity index (χ3n) is 2.66. The fourth-order valence-corrected chi connectivity index (χ4v) is 2.50. The van der Waals surface area contributed by atoms with Gasteiger partial charge in [-0.3, -0.25) is 4.79 Å². The average molecular weight is 255 g/mol. The van der Waals surface area contributed by atoms with Crippen molar-refractivity contribution in [2.75, 3.05) is 19.7 Å². The van der Waals surface area contributed by atoms with Crippen LogP contribution in [0.5, 0.6) is 0 Å². The molecule has 2 N–H and O–H groups in total. The monoisotopic (exact) mass is 255 g/mol. The topological polar surface area (TPSA) is 68.5 Å². The van der Waals surface area contributed by atoms with Crippen LogP contribution in [-0.2, 0) is 11.3 Å². The molecule has 0 bridgehead atoms. The van der Waals surface area contributed by atoms with Crippen LogP contribution in [0.2, 0.25) is 0 Å². The van der Waals surface area contributed by atoms with E-state index in [2.05, 4.69) is 4.98 Å². The Morgan fingerprint density at radius 3 is 3.06 bits per heavy atom. The van der Waals surface area contributed by atoms with Gasteiger partial charge in [0.15, 0.2) is 0 Å². The normalized spacial score (nSPS) is 19.4. The van der Waals surface area contributed by atoms with E-state index in [0.29, 0.717) is 31.9 Å². The molecule has 0 saturated carbocycles. The quantitative estimate of drug-likeness (QED) is 0.850. The third-order valence-corrected chi connectivity index (χ3v) is 3.53. The molecule has 0 aromatic carbocycles. The van der Waals surface area contributed by atoms with E-state index in [9.17, 15) is 4.79 Å². The minimum absolute atomic E-state index is 0.0303. The Morgan fingerprint density at radius 1 is 1.71 bits per heavy atom. The van der Waals surface area contributed by atoms with Gasteiger partial charge in [-0.05, 0) is 13.8 Å². The van der Waals surface area contributed by atoms with Gasteiger partial charge in [0, 0.05) is 25.0 Å². The second-order valence-electron chi connectivity index (χ2n) is 4.67. The highest BCUT2D eigenvalue weighted by Crippen LogP contribution is 2.19. The number of carbonyl (C=O) groups is 1. The molecule has 1 aromatic heterocycles. The van der Waals surface area contributed by atoms with Crippen molar-refractivity contribution in [3.05, 3.63) is 16.1 Å². The molecule has 1 aliphatic heterocycles. The standard InChI is InChI=1S/C11H17N3O2S/c1-11(2)7-14(3-4-16-11)10(15)8-6-17-9(5-12)13-8/h6H,3-5,7,12H2,1-2H3. The van der Waals surface area contributed by atoms with Gasteiger partial charge in [-0.2, -0.15) is 0 Å². The number of nitrogens with two attached hydrogens (primary N) is 1. The van der Waals surface area contributed by atoms with Crippen LogP contribution in [0.3, 0.4) is 0 Å². The van der Waals surface area contributed by atoms with Crippen molar-refractivity contribution in [1.29, 1.82) is 0 Å². The van der Waals surface area contributed by atoms with Crippen molar-refractivity contribution in [3.63, 3.8) is 0 Å². The Kier molecular flexibility index (Phi) is 3.46. The maximum absolute atomic E-state index is 12.2. The smallest absolute Gasteiger partial charge is 0.273 e. The predicted octanol–water partition coefficient (Wildman–Crippen LogP) is 0.853. The van der Waals surface area contributed by atoms with Gasteiger partial charge >= 0.3 is 0 Å². The molecule has 1 aliphatic rings. The Bertz CT molecular complexity index is 417. The van der Waals surface area contributed by atoms with Crippen LogP contribution in [0.25, 0.3) is 0 Å². The predicted molar refractivity (Wildman–Crippen MR) is 65.9 cm³/mol. The molecule has 1 aromatic rings. The summed E-state index contributed by atoms with van der Waals surface area (Å²) in [5.41, 5.74) is 5.70. The Morgan fingerprint density at radius 2 is 2.47 bits per heavy atom. The zero-order valence-electron chi connectivity index (χ0n) is 10.1. The van der Waals surface area contributed by atoms with Crippen molar-refractivity contribution >= 4 is 17.2 Å². The Balaban J connectivity index is 2.09. The molecule has 6 heteroatoms.